The lowest BCUT2D eigenvalue weighted by Gasteiger charge is -2.15. The van der Waals surface area contributed by atoms with Gasteiger partial charge in [0.2, 0.25) is 0 Å². The van der Waals surface area contributed by atoms with Crippen molar-refractivity contribution >= 4 is 0 Å². The summed E-state index contributed by atoms with van der Waals surface area (Å²) in [6.07, 6.45) is 1.94. The molecule has 0 saturated heterocycles. The molecule has 0 amide bonds. The summed E-state index contributed by atoms with van der Waals surface area (Å²) in [5.74, 6) is 0. The Morgan fingerprint density at radius 1 is 1.05 bits per heavy atom. The minimum Gasteiger partial charge on any atom is -0.306 e. The Bertz CT molecular complexity index is 523. The first-order chi connectivity index (χ1) is 9.04. The molecule has 2 heteroatoms. The van der Waals surface area contributed by atoms with Gasteiger partial charge >= 0.3 is 0 Å². The number of aromatic nitrogens is 1. The molecule has 2 rings (SSSR count). The quantitative estimate of drug-likeness (QED) is 0.896. The number of nitrogens with one attached hydrogen (secondary N) is 1. The zero-order valence-corrected chi connectivity index (χ0v) is 12.2. The summed E-state index contributed by atoms with van der Waals surface area (Å²) >= 11 is 0. The molecule has 0 saturated carbocycles. The summed E-state index contributed by atoms with van der Waals surface area (Å²) < 4.78 is 0. The Hall–Kier alpha value is -1.67. The number of hydrogen-bond donors (Lipinski definition) is 1. The van der Waals surface area contributed by atoms with Gasteiger partial charge in [0.1, 0.15) is 0 Å². The van der Waals surface area contributed by atoms with Crippen LogP contribution < -0.4 is 5.32 Å². The molecule has 19 heavy (non-hydrogen) atoms. The SMILES string of the molecule is Cc1cc(C)cc(C(C)NCc2ccc(C)nc2)c1. The number of benzene rings is 1. The van der Waals surface area contributed by atoms with Gasteiger partial charge in [0.05, 0.1) is 0 Å². The van der Waals surface area contributed by atoms with E-state index < -0.39 is 0 Å². The van der Waals surface area contributed by atoms with Crippen LogP contribution in [0.1, 0.15) is 40.9 Å². The highest BCUT2D eigenvalue weighted by atomic mass is 14.9. The number of aryl methyl sites for hydroxylation is 3. The van der Waals surface area contributed by atoms with Gasteiger partial charge in [-0.15, -0.1) is 0 Å². The molecule has 1 unspecified atom stereocenters. The third kappa shape index (κ3) is 3.90. The lowest BCUT2D eigenvalue weighted by atomic mass is 10.0. The van der Waals surface area contributed by atoms with Gasteiger partial charge in [-0.1, -0.05) is 35.4 Å². The first kappa shape index (κ1) is 13.8. The van der Waals surface area contributed by atoms with Gasteiger partial charge in [-0.3, -0.25) is 4.98 Å². The Labute approximate surface area is 115 Å². The van der Waals surface area contributed by atoms with E-state index >= 15 is 0 Å². The van der Waals surface area contributed by atoms with E-state index in [1.165, 1.54) is 22.3 Å². The molecule has 1 aromatic carbocycles. The summed E-state index contributed by atoms with van der Waals surface area (Å²) in [7, 11) is 0. The van der Waals surface area contributed by atoms with Crippen LogP contribution in [0.5, 0.6) is 0 Å². The maximum Gasteiger partial charge on any atom is 0.0372 e. The predicted molar refractivity (Wildman–Crippen MR) is 80.1 cm³/mol. The molecule has 2 aromatic rings. The van der Waals surface area contributed by atoms with Crippen molar-refractivity contribution in [3.8, 4) is 0 Å². The fourth-order valence-corrected chi connectivity index (χ4v) is 2.25. The molecule has 1 atom stereocenters. The van der Waals surface area contributed by atoms with Crippen LogP contribution in [0.15, 0.2) is 36.5 Å². The van der Waals surface area contributed by atoms with Gasteiger partial charge in [-0.25, -0.2) is 0 Å². The van der Waals surface area contributed by atoms with E-state index in [4.69, 9.17) is 0 Å². The molecule has 0 radical (unpaired) electrons. The third-order valence-corrected chi connectivity index (χ3v) is 3.33. The van der Waals surface area contributed by atoms with Crippen LogP contribution in [-0.2, 0) is 6.54 Å². The van der Waals surface area contributed by atoms with Crippen molar-refractivity contribution in [3.05, 3.63) is 64.5 Å². The highest BCUT2D eigenvalue weighted by molar-refractivity contribution is 5.30. The summed E-state index contributed by atoms with van der Waals surface area (Å²) in [5, 5.41) is 3.55. The van der Waals surface area contributed by atoms with Crippen LogP contribution >= 0.6 is 0 Å². The Kier molecular flexibility index (Phi) is 4.33. The summed E-state index contributed by atoms with van der Waals surface area (Å²) in [6.45, 7) is 9.35. The average molecular weight is 254 g/mol. The predicted octanol–water partition coefficient (Wildman–Crippen LogP) is 3.86. The van der Waals surface area contributed by atoms with Gasteiger partial charge in [0, 0.05) is 24.5 Å². The number of pyridine rings is 1. The van der Waals surface area contributed by atoms with Crippen molar-refractivity contribution < 1.29 is 0 Å². The molecule has 1 heterocycles. The fourth-order valence-electron chi connectivity index (χ4n) is 2.25. The van der Waals surface area contributed by atoms with Crippen LogP contribution in [0.25, 0.3) is 0 Å². The molecule has 0 aliphatic carbocycles. The van der Waals surface area contributed by atoms with Gasteiger partial charge in [0.15, 0.2) is 0 Å². The Morgan fingerprint density at radius 2 is 1.74 bits per heavy atom. The normalized spacial score (nSPS) is 12.4. The first-order valence-corrected chi connectivity index (χ1v) is 6.78. The largest absolute Gasteiger partial charge is 0.306 e. The van der Waals surface area contributed by atoms with E-state index in [0.29, 0.717) is 6.04 Å². The van der Waals surface area contributed by atoms with E-state index in [1.54, 1.807) is 0 Å². The minimum atomic E-state index is 0.347. The standard InChI is InChI=1S/C17H22N2/c1-12-7-13(2)9-17(8-12)15(4)19-11-16-6-5-14(3)18-10-16/h5-10,15,19H,11H2,1-4H3. The van der Waals surface area contributed by atoms with Crippen LogP contribution in [0.2, 0.25) is 0 Å². The molecular weight excluding hydrogens is 232 g/mol. The van der Waals surface area contributed by atoms with Crippen LogP contribution in [0.3, 0.4) is 0 Å². The van der Waals surface area contributed by atoms with Crippen molar-refractivity contribution in [1.29, 1.82) is 0 Å². The highest BCUT2D eigenvalue weighted by Gasteiger charge is 2.06. The molecule has 0 spiro atoms. The summed E-state index contributed by atoms with van der Waals surface area (Å²) in [6, 6.07) is 11.2. The molecule has 0 fully saturated rings. The summed E-state index contributed by atoms with van der Waals surface area (Å²) in [4.78, 5) is 4.32. The van der Waals surface area contributed by atoms with Gasteiger partial charge in [-0.05, 0) is 44.9 Å². The first-order valence-electron chi connectivity index (χ1n) is 6.78. The van der Waals surface area contributed by atoms with Gasteiger partial charge < -0.3 is 5.32 Å². The van der Waals surface area contributed by atoms with Crippen molar-refractivity contribution in [2.45, 2.75) is 40.3 Å². The lowest BCUT2D eigenvalue weighted by Crippen LogP contribution is -2.18. The van der Waals surface area contributed by atoms with Crippen LogP contribution in [0.4, 0.5) is 0 Å². The molecule has 100 valence electrons. The fraction of sp³-hybridized carbons (Fsp3) is 0.353. The zero-order chi connectivity index (χ0) is 13.8. The molecule has 0 aliphatic rings. The maximum atomic E-state index is 4.32. The van der Waals surface area contributed by atoms with Crippen molar-refractivity contribution in [3.63, 3.8) is 0 Å². The monoisotopic (exact) mass is 254 g/mol. The van der Waals surface area contributed by atoms with E-state index in [-0.39, 0.29) is 0 Å². The molecule has 1 aromatic heterocycles. The number of rotatable bonds is 4. The minimum absolute atomic E-state index is 0.347. The van der Waals surface area contributed by atoms with Crippen LogP contribution in [0, 0.1) is 20.8 Å². The topological polar surface area (TPSA) is 24.9 Å². The van der Waals surface area contributed by atoms with Gasteiger partial charge in [-0.2, -0.15) is 0 Å². The second kappa shape index (κ2) is 5.98. The van der Waals surface area contributed by atoms with Gasteiger partial charge in [0.25, 0.3) is 0 Å². The molecule has 1 N–H and O–H groups in total. The smallest absolute Gasteiger partial charge is 0.0372 e. The zero-order valence-electron chi connectivity index (χ0n) is 12.2. The second-order valence-electron chi connectivity index (χ2n) is 5.33. The van der Waals surface area contributed by atoms with Crippen molar-refractivity contribution in [2.75, 3.05) is 0 Å². The molecule has 0 aliphatic heterocycles. The molecule has 2 nitrogen and oxygen atoms in total. The Morgan fingerprint density at radius 3 is 2.32 bits per heavy atom. The Balaban J connectivity index is 2.00. The maximum absolute atomic E-state index is 4.32. The van der Waals surface area contributed by atoms with E-state index in [9.17, 15) is 0 Å². The van der Waals surface area contributed by atoms with Crippen molar-refractivity contribution in [2.24, 2.45) is 0 Å². The average Bonchev–Trinajstić information content (AvgIpc) is 2.36. The van der Waals surface area contributed by atoms with E-state index in [2.05, 4.69) is 61.4 Å². The second-order valence-corrected chi connectivity index (χ2v) is 5.33. The third-order valence-electron chi connectivity index (χ3n) is 3.33. The molecule has 0 bridgehead atoms. The van der Waals surface area contributed by atoms with Crippen molar-refractivity contribution in [1.82, 2.24) is 10.3 Å². The van der Waals surface area contributed by atoms with E-state index in [1.807, 2.05) is 13.1 Å². The summed E-state index contributed by atoms with van der Waals surface area (Å²) in [5.41, 5.74) is 6.27. The number of hydrogen-bond acceptors (Lipinski definition) is 2. The van der Waals surface area contributed by atoms with E-state index in [0.717, 1.165) is 12.2 Å². The molecular formula is C17H22N2. The highest BCUT2D eigenvalue weighted by Crippen LogP contribution is 2.17. The number of nitrogens with zero attached hydrogens (tertiary/aromatic N) is 1. The lowest BCUT2D eigenvalue weighted by molar-refractivity contribution is 0.573. The van der Waals surface area contributed by atoms with Crippen LogP contribution in [-0.4, -0.2) is 4.98 Å².